The molecule has 0 saturated carbocycles. The number of hydrogen-bond donors (Lipinski definition) is 0. The molecule has 0 aliphatic heterocycles. The lowest BCUT2D eigenvalue weighted by Crippen LogP contribution is -2.39. The second-order valence-electron chi connectivity index (χ2n) is 2.02. The first kappa shape index (κ1) is 12.1. The average Bonchev–Trinajstić information content (AvgIpc) is 2.17. The van der Waals surface area contributed by atoms with Crippen molar-refractivity contribution in [2.75, 3.05) is 21.3 Å². The van der Waals surface area contributed by atoms with Gasteiger partial charge >= 0.3 is 18.0 Å². The van der Waals surface area contributed by atoms with Gasteiger partial charge in [0.15, 0.2) is 0 Å². The molecule has 8 nitrogen and oxygen atoms in total. The molecular weight excluding hydrogens is 196 g/mol. The molecule has 0 rings (SSSR count). The maximum atomic E-state index is 11.0. The number of carbonyl (C=O) groups excluding carboxylic acids is 2. The monoisotopic (exact) mass is 206 g/mol. The fourth-order valence-corrected chi connectivity index (χ4v) is 0.627. The quantitative estimate of drug-likeness (QED) is 0.197. The summed E-state index contributed by atoms with van der Waals surface area (Å²) >= 11 is 0. The van der Waals surface area contributed by atoms with E-state index in [2.05, 4.69) is 19.6 Å². The molecular formula is C6H10N2O6. The molecule has 0 aliphatic carbocycles. The van der Waals surface area contributed by atoms with Crippen LogP contribution >= 0.6 is 0 Å². The van der Waals surface area contributed by atoms with Crippen molar-refractivity contribution in [1.29, 1.82) is 0 Å². The van der Waals surface area contributed by atoms with Crippen LogP contribution in [0.2, 0.25) is 0 Å². The van der Waals surface area contributed by atoms with Gasteiger partial charge in [-0.15, -0.1) is 0 Å². The molecule has 0 fully saturated rings. The van der Waals surface area contributed by atoms with Crippen LogP contribution in [-0.2, 0) is 23.9 Å². The van der Waals surface area contributed by atoms with E-state index in [0.717, 1.165) is 21.3 Å². The van der Waals surface area contributed by atoms with Gasteiger partial charge in [-0.25, -0.2) is 9.59 Å². The number of hydrogen-bond acceptors (Lipinski definition) is 7. The van der Waals surface area contributed by atoms with E-state index >= 15 is 0 Å². The SMILES string of the molecule is CO/N=[N+](/[O-])C(C(=O)OC)C(=O)OC. The van der Waals surface area contributed by atoms with Gasteiger partial charge in [0.25, 0.3) is 0 Å². The number of ether oxygens (including phenoxy) is 2. The Labute approximate surface area is 79.6 Å². The standard InChI is InChI=1S/C6H10N2O6/c1-12-5(9)4(6(10)13-2)8(11)7-14-3/h4H,1-3H3/b8-7+. The number of hydroxylamine groups is 1. The molecule has 0 heterocycles. The zero-order valence-corrected chi connectivity index (χ0v) is 7.92. The summed E-state index contributed by atoms with van der Waals surface area (Å²) in [6, 6.07) is -1.80. The Balaban J connectivity index is 4.81. The lowest BCUT2D eigenvalue weighted by molar-refractivity contribution is -0.571. The highest BCUT2D eigenvalue weighted by Crippen LogP contribution is 1.98. The normalized spacial score (nSPS) is 11.0. The molecule has 0 saturated heterocycles. The smallest absolute Gasteiger partial charge is 0.391 e. The van der Waals surface area contributed by atoms with E-state index in [4.69, 9.17) is 0 Å². The van der Waals surface area contributed by atoms with Crippen molar-refractivity contribution in [3.8, 4) is 0 Å². The van der Waals surface area contributed by atoms with Crippen LogP contribution in [0.4, 0.5) is 0 Å². The predicted molar refractivity (Wildman–Crippen MR) is 40.9 cm³/mol. The van der Waals surface area contributed by atoms with E-state index in [1.807, 2.05) is 0 Å². The third kappa shape index (κ3) is 2.88. The molecule has 0 aliphatic rings. The molecule has 14 heavy (non-hydrogen) atoms. The zero-order valence-electron chi connectivity index (χ0n) is 7.92. The molecule has 0 N–H and O–H groups in total. The summed E-state index contributed by atoms with van der Waals surface area (Å²) in [6.45, 7) is 0. The van der Waals surface area contributed by atoms with Crippen LogP contribution in [0, 0.1) is 5.21 Å². The first-order valence-electron chi connectivity index (χ1n) is 3.44. The summed E-state index contributed by atoms with van der Waals surface area (Å²) < 4.78 is 8.41. The first-order chi connectivity index (χ1) is 6.58. The number of methoxy groups -OCH3 is 2. The highest BCUT2D eigenvalue weighted by Gasteiger charge is 2.39. The molecule has 8 heteroatoms. The Bertz CT molecular complexity index is 235. The van der Waals surface area contributed by atoms with Gasteiger partial charge in [-0.05, 0) is 4.86 Å². The van der Waals surface area contributed by atoms with Crippen LogP contribution in [-0.4, -0.2) is 44.2 Å². The third-order valence-corrected chi connectivity index (χ3v) is 1.23. The molecule has 0 bridgehead atoms. The van der Waals surface area contributed by atoms with Crippen LogP contribution < -0.4 is 0 Å². The van der Waals surface area contributed by atoms with Crippen molar-refractivity contribution >= 4 is 11.9 Å². The maximum absolute atomic E-state index is 11.0. The van der Waals surface area contributed by atoms with Crippen LogP contribution in [0.25, 0.3) is 0 Å². The summed E-state index contributed by atoms with van der Waals surface area (Å²) in [5, 5.41) is 13.8. The van der Waals surface area contributed by atoms with Gasteiger partial charge in [0.1, 0.15) is 7.11 Å². The van der Waals surface area contributed by atoms with E-state index in [9.17, 15) is 14.8 Å². The minimum atomic E-state index is -1.80. The summed E-state index contributed by atoms with van der Waals surface area (Å²) in [4.78, 5) is 25.8. The summed E-state index contributed by atoms with van der Waals surface area (Å²) in [5.41, 5.74) is 0. The fraction of sp³-hybridized carbons (Fsp3) is 0.667. The van der Waals surface area contributed by atoms with Gasteiger partial charge in [-0.3, -0.25) is 0 Å². The summed E-state index contributed by atoms with van der Waals surface area (Å²) in [6.07, 6.45) is 0. The first-order valence-corrected chi connectivity index (χ1v) is 3.44. The van der Waals surface area contributed by atoms with Crippen molar-refractivity contribution in [2.45, 2.75) is 6.04 Å². The van der Waals surface area contributed by atoms with Gasteiger partial charge in [-0.1, -0.05) is 0 Å². The molecule has 0 unspecified atom stereocenters. The molecule has 0 amide bonds. The minimum Gasteiger partial charge on any atom is -0.596 e. The van der Waals surface area contributed by atoms with Crippen molar-refractivity contribution in [2.24, 2.45) is 5.28 Å². The van der Waals surface area contributed by atoms with Crippen LogP contribution in [0.3, 0.4) is 0 Å². The Kier molecular flexibility index (Phi) is 4.97. The summed E-state index contributed by atoms with van der Waals surface area (Å²) in [7, 11) is 3.15. The number of rotatable bonds is 4. The van der Waals surface area contributed by atoms with Gasteiger partial charge in [0.05, 0.1) is 14.2 Å². The zero-order chi connectivity index (χ0) is 11.1. The Hall–Kier alpha value is -1.86. The van der Waals surface area contributed by atoms with Crippen molar-refractivity contribution in [3.63, 3.8) is 0 Å². The highest BCUT2D eigenvalue weighted by atomic mass is 16.7. The second kappa shape index (κ2) is 5.73. The highest BCUT2D eigenvalue weighted by molar-refractivity contribution is 5.97. The van der Waals surface area contributed by atoms with E-state index in [1.54, 1.807) is 0 Å². The Morgan fingerprint density at radius 1 is 1.21 bits per heavy atom. The van der Waals surface area contributed by atoms with Gasteiger partial charge in [-0.2, -0.15) is 0 Å². The van der Waals surface area contributed by atoms with Crippen LogP contribution in [0.5, 0.6) is 0 Å². The number of nitrogens with zero attached hydrogens (tertiary/aromatic N) is 2. The minimum absolute atomic E-state index is 0.238. The van der Waals surface area contributed by atoms with Gasteiger partial charge in [0.2, 0.25) is 5.28 Å². The molecule has 0 atom stereocenters. The van der Waals surface area contributed by atoms with Gasteiger partial charge in [0, 0.05) is 0 Å². The Morgan fingerprint density at radius 3 is 1.93 bits per heavy atom. The average molecular weight is 206 g/mol. The van der Waals surface area contributed by atoms with Crippen molar-refractivity contribution < 1.29 is 28.8 Å². The molecule has 0 radical (unpaired) electrons. The lowest BCUT2D eigenvalue weighted by atomic mass is 10.3. The summed E-state index contributed by atoms with van der Waals surface area (Å²) in [5.74, 6) is -2.15. The Morgan fingerprint density at radius 2 is 1.64 bits per heavy atom. The lowest BCUT2D eigenvalue weighted by Gasteiger charge is -2.08. The van der Waals surface area contributed by atoms with Gasteiger partial charge < -0.3 is 19.5 Å². The van der Waals surface area contributed by atoms with E-state index in [0.29, 0.717) is 0 Å². The van der Waals surface area contributed by atoms with Crippen LogP contribution in [0.15, 0.2) is 5.28 Å². The van der Waals surface area contributed by atoms with Crippen molar-refractivity contribution in [3.05, 3.63) is 5.21 Å². The third-order valence-electron chi connectivity index (χ3n) is 1.23. The predicted octanol–water partition coefficient (Wildman–Crippen LogP) is -0.775. The number of carbonyl (C=O) groups is 2. The molecule has 0 spiro atoms. The maximum Gasteiger partial charge on any atom is 0.391 e. The molecule has 80 valence electrons. The van der Waals surface area contributed by atoms with Crippen LogP contribution in [0.1, 0.15) is 0 Å². The molecule has 0 aromatic rings. The van der Waals surface area contributed by atoms with E-state index in [1.165, 1.54) is 0 Å². The fourth-order valence-electron chi connectivity index (χ4n) is 0.627. The van der Waals surface area contributed by atoms with Crippen molar-refractivity contribution in [1.82, 2.24) is 0 Å². The topological polar surface area (TPSA) is 100 Å². The second-order valence-corrected chi connectivity index (χ2v) is 2.02. The van der Waals surface area contributed by atoms with E-state index in [-0.39, 0.29) is 4.86 Å². The molecule has 0 aromatic carbocycles. The largest absolute Gasteiger partial charge is 0.596 e. The number of esters is 2. The van der Waals surface area contributed by atoms with E-state index < -0.39 is 18.0 Å². The molecule has 0 aromatic heterocycles.